The van der Waals surface area contributed by atoms with Crippen molar-refractivity contribution in [2.24, 2.45) is 0 Å². The fourth-order valence-electron chi connectivity index (χ4n) is 4.09. The molecule has 3 aromatic rings. The molecule has 3 amide bonds. The van der Waals surface area contributed by atoms with Crippen LogP contribution in [0.3, 0.4) is 0 Å². The van der Waals surface area contributed by atoms with Gasteiger partial charge in [0.15, 0.2) is 12.4 Å². The van der Waals surface area contributed by atoms with E-state index in [2.05, 4.69) is 10.6 Å². The largest absolute Gasteiger partial charge is 0.512 e. The van der Waals surface area contributed by atoms with E-state index in [9.17, 15) is 19.5 Å². The van der Waals surface area contributed by atoms with Crippen molar-refractivity contribution in [3.8, 4) is 5.75 Å². The van der Waals surface area contributed by atoms with Crippen molar-refractivity contribution in [2.45, 2.75) is 25.4 Å². The van der Waals surface area contributed by atoms with E-state index in [0.717, 1.165) is 18.4 Å². The number of anilines is 2. The maximum absolute atomic E-state index is 13.3. The Kier molecular flexibility index (Phi) is 6.51. The zero-order valence-corrected chi connectivity index (χ0v) is 19.8. The van der Waals surface area contributed by atoms with Crippen molar-refractivity contribution in [2.75, 3.05) is 17.2 Å². The van der Waals surface area contributed by atoms with Crippen LogP contribution in [-0.4, -0.2) is 45.5 Å². The molecule has 188 valence electrons. The second-order valence-corrected chi connectivity index (χ2v) is 8.95. The van der Waals surface area contributed by atoms with Crippen LogP contribution in [0.1, 0.15) is 44.7 Å². The first kappa shape index (κ1) is 23.9. The van der Waals surface area contributed by atoms with Crippen LogP contribution in [0.5, 0.6) is 5.75 Å². The summed E-state index contributed by atoms with van der Waals surface area (Å²) in [4.78, 5) is 39.3. The van der Waals surface area contributed by atoms with Crippen LogP contribution in [0.2, 0.25) is 0 Å². The molecule has 0 unspecified atom stereocenters. The van der Waals surface area contributed by atoms with Crippen LogP contribution in [0.15, 0.2) is 73.0 Å². The van der Waals surface area contributed by atoms with Crippen molar-refractivity contribution in [3.63, 3.8) is 0 Å². The van der Waals surface area contributed by atoms with Gasteiger partial charge in [0.2, 0.25) is 0 Å². The zero-order chi connectivity index (χ0) is 25.9. The fraction of sp³-hybridized carbons (Fsp3) is 0.179. The van der Waals surface area contributed by atoms with Crippen molar-refractivity contribution >= 4 is 34.9 Å². The number of hydrogen-bond donors (Lipinski definition) is 4. The number of aliphatic hydroxyl groups is 2. The number of nitrogens with one attached hydrogen (secondary N) is 2. The monoisotopic (exact) mass is 499 g/mol. The molecule has 0 saturated heterocycles. The summed E-state index contributed by atoms with van der Waals surface area (Å²) in [5.74, 6) is -0.416. The van der Waals surface area contributed by atoms with Gasteiger partial charge in [-0.15, -0.1) is 0 Å². The topological polar surface area (TPSA) is 128 Å². The Bertz CT molecular complexity index is 1380. The number of hydrogen-bond acceptors (Lipinski definition) is 6. The Morgan fingerprint density at radius 1 is 1.00 bits per heavy atom. The molecule has 0 aromatic heterocycles. The van der Waals surface area contributed by atoms with E-state index in [0.29, 0.717) is 46.6 Å². The highest BCUT2D eigenvalue weighted by atomic mass is 16.5. The Labute approximate surface area is 213 Å². The second kappa shape index (κ2) is 10.1. The molecular formula is C28H25N3O6. The maximum Gasteiger partial charge on any atom is 0.262 e. The van der Waals surface area contributed by atoms with E-state index in [4.69, 9.17) is 9.84 Å². The Morgan fingerprint density at radius 3 is 2.35 bits per heavy atom. The summed E-state index contributed by atoms with van der Waals surface area (Å²) in [6.45, 7) is 0.330. The summed E-state index contributed by atoms with van der Waals surface area (Å²) in [6.07, 6.45) is 2.48. The van der Waals surface area contributed by atoms with Crippen molar-refractivity contribution in [3.05, 3.63) is 95.2 Å². The van der Waals surface area contributed by atoms with Gasteiger partial charge in [0, 0.05) is 35.0 Å². The molecule has 0 bridgehead atoms. The van der Waals surface area contributed by atoms with Crippen LogP contribution < -0.4 is 15.4 Å². The van der Waals surface area contributed by atoms with Gasteiger partial charge in [-0.05, 0) is 73.0 Å². The van der Waals surface area contributed by atoms with E-state index >= 15 is 0 Å². The molecule has 0 spiro atoms. The quantitative estimate of drug-likeness (QED) is 0.355. The molecule has 3 aromatic carbocycles. The minimum Gasteiger partial charge on any atom is -0.512 e. The van der Waals surface area contributed by atoms with E-state index < -0.39 is 0 Å². The predicted molar refractivity (Wildman–Crippen MR) is 138 cm³/mol. The van der Waals surface area contributed by atoms with Crippen LogP contribution >= 0.6 is 0 Å². The first-order valence-corrected chi connectivity index (χ1v) is 11.8. The average Bonchev–Trinajstić information content (AvgIpc) is 3.77. The van der Waals surface area contributed by atoms with Crippen molar-refractivity contribution in [1.29, 1.82) is 0 Å². The molecular weight excluding hydrogens is 474 g/mol. The van der Waals surface area contributed by atoms with Gasteiger partial charge >= 0.3 is 0 Å². The molecule has 5 rings (SSSR count). The SMILES string of the molecule is O=C1COc2cc(C(=O)N(Cc3ccc(C(=O)Nc4ccc(C(O)=CO)cc4)cc3)C3CC3)ccc2N1. The summed E-state index contributed by atoms with van der Waals surface area (Å²) in [7, 11) is 0. The fourth-order valence-corrected chi connectivity index (χ4v) is 4.09. The number of carbonyl (C=O) groups is 3. The normalized spacial score (nSPS) is 14.7. The highest BCUT2D eigenvalue weighted by molar-refractivity contribution is 6.04. The summed E-state index contributed by atoms with van der Waals surface area (Å²) in [5.41, 5.74) is 3.37. The number of ether oxygens (including phenoxy) is 1. The third kappa shape index (κ3) is 5.40. The van der Waals surface area contributed by atoms with E-state index in [-0.39, 0.29) is 36.1 Å². The number of rotatable bonds is 7. The number of fused-ring (bicyclic) bond motifs is 1. The highest BCUT2D eigenvalue weighted by Gasteiger charge is 2.33. The molecule has 1 aliphatic heterocycles. The van der Waals surface area contributed by atoms with Gasteiger partial charge < -0.3 is 30.5 Å². The summed E-state index contributed by atoms with van der Waals surface area (Å²) >= 11 is 0. The van der Waals surface area contributed by atoms with Crippen LogP contribution in [0, 0.1) is 0 Å². The third-order valence-corrected chi connectivity index (χ3v) is 6.24. The minimum absolute atomic E-state index is 0.0765. The van der Waals surface area contributed by atoms with Gasteiger partial charge in [-0.1, -0.05) is 12.1 Å². The molecule has 1 fully saturated rings. The van der Waals surface area contributed by atoms with Gasteiger partial charge in [-0.25, -0.2) is 0 Å². The predicted octanol–water partition coefficient (Wildman–Crippen LogP) is 4.49. The van der Waals surface area contributed by atoms with Gasteiger partial charge in [0.1, 0.15) is 12.0 Å². The van der Waals surface area contributed by atoms with E-state index in [1.807, 2.05) is 17.0 Å². The average molecular weight is 500 g/mol. The van der Waals surface area contributed by atoms with Gasteiger partial charge in [0.05, 0.1) is 5.69 Å². The molecule has 2 aliphatic rings. The number of nitrogens with zero attached hydrogens (tertiary/aromatic N) is 1. The highest BCUT2D eigenvalue weighted by Crippen LogP contribution is 2.33. The van der Waals surface area contributed by atoms with Crippen LogP contribution in [0.25, 0.3) is 5.76 Å². The zero-order valence-electron chi connectivity index (χ0n) is 19.8. The molecule has 9 heteroatoms. The Morgan fingerprint density at radius 2 is 1.68 bits per heavy atom. The second-order valence-electron chi connectivity index (χ2n) is 8.95. The first-order valence-electron chi connectivity index (χ1n) is 11.8. The van der Waals surface area contributed by atoms with Crippen LogP contribution in [0.4, 0.5) is 11.4 Å². The van der Waals surface area contributed by atoms with Gasteiger partial charge in [-0.3, -0.25) is 14.4 Å². The van der Waals surface area contributed by atoms with E-state index in [1.54, 1.807) is 54.6 Å². The molecule has 1 saturated carbocycles. The van der Waals surface area contributed by atoms with Gasteiger partial charge in [-0.2, -0.15) is 0 Å². The minimum atomic E-state index is -0.294. The molecule has 1 aliphatic carbocycles. The first-order chi connectivity index (χ1) is 17.9. The lowest BCUT2D eigenvalue weighted by atomic mass is 10.1. The summed E-state index contributed by atoms with van der Waals surface area (Å²) < 4.78 is 5.46. The Balaban J connectivity index is 1.25. The summed E-state index contributed by atoms with van der Waals surface area (Å²) in [6, 6.07) is 18.7. The standard InChI is InChI=1S/C28H25N3O6/c32-15-24(33)18-5-8-21(9-6-18)29-27(35)19-3-1-17(2-4-19)14-31(22-10-11-22)28(36)20-7-12-23-25(13-20)37-16-26(34)30-23/h1-9,12-13,15,22,32-33H,10-11,14,16H2,(H,29,35)(H,30,34). The summed E-state index contributed by atoms with van der Waals surface area (Å²) in [5, 5.41) is 23.9. The molecule has 4 N–H and O–H groups in total. The number of benzene rings is 3. The lowest BCUT2D eigenvalue weighted by Crippen LogP contribution is -2.33. The molecule has 0 atom stereocenters. The van der Waals surface area contributed by atoms with Crippen LogP contribution in [-0.2, 0) is 11.3 Å². The number of carbonyl (C=O) groups excluding carboxylic acids is 3. The molecule has 0 radical (unpaired) electrons. The Hall–Kier alpha value is -4.79. The smallest absolute Gasteiger partial charge is 0.262 e. The van der Waals surface area contributed by atoms with Crippen molar-refractivity contribution in [1.82, 2.24) is 4.90 Å². The van der Waals surface area contributed by atoms with Gasteiger partial charge in [0.25, 0.3) is 17.7 Å². The maximum atomic E-state index is 13.3. The lowest BCUT2D eigenvalue weighted by molar-refractivity contribution is -0.118. The number of aliphatic hydroxyl groups excluding tert-OH is 2. The third-order valence-electron chi connectivity index (χ3n) is 6.24. The molecule has 9 nitrogen and oxygen atoms in total. The lowest BCUT2D eigenvalue weighted by Gasteiger charge is -2.24. The number of amides is 3. The van der Waals surface area contributed by atoms with E-state index in [1.165, 1.54) is 0 Å². The van der Waals surface area contributed by atoms with Crippen molar-refractivity contribution < 1.29 is 29.3 Å². The molecule has 1 heterocycles. The molecule has 37 heavy (non-hydrogen) atoms.